The monoisotopic (exact) mass is 298 g/mol. The van der Waals surface area contributed by atoms with E-state index in [2.05, 4.69) is 26.1 Å². The number of carbonyl (C=O) groups excluding carboxylic acids is 1. The molecule has 1 aromatic carbocycles. The van der Waals surface area contributed by atoms with Crippen LogP contribution in [0.2, 0.25) is 0 Å². The van der Waals surface area contributed by atoms with Crippen molar-refractivity contribution in [3.05, 3.63) is 33.8 Å². The molecule has 1 N–H and O–H groups in total. The summed E-state index contributed by atoms with van der Waals surface area (Å²) in [6.07, 6.45) is 0.960. The lowest BCUT2D eigenvalue weighted by Gasteiger charge is -2.10. The van der Waals surface area contributed by atoms with E-state index in [9.17, 15) is 4.79 Å². The van der Waals surface area contributed by atoms with Gasteiger partial charge >= 0.3 is 0 Å². The summed E-state index contributed by atoms with van der Waals surface area (Å²) in [5.74, 6) is -0.0145. The molecule has 0 spiro atoms. The van der Waals surface area contributed by atoms with Crippen LogP contribution in [-0.2, 0) is 0 Å². The Balaban J connectivity index is 2.49. The first-order valence-electron chi connectivity index (χ1n) is 5.70. The number of amides is 1. The Hall–Kier alpha value is -0.870. The molecule has 0 heterocycles. The van der Waals surface area contributed by atoms with Gasteiger partial charge in [-0.25, -0.2) is 0 Å². The summed E-state index contributed by atoms with van der Waals surface area (Å²) < 4.78 is 0.841. The minimum absolute atomic E-state index is 0.0145. The molecule has 17 heavy (non-hydrogen) atoms. The lowest BCUT2D eigenvalue weighted by Crippen LogP contribution is -2.27. The Morgan fingerprint density at radius 3 is 2.76 bits per heavy atom. The molecule has 0 saturated carbocycles. The molecule has 1 amide bonds. The molecule has 0 aromatic heterocycles. The number of rotatable bonds is 5. The zero-order valence-corrected chi connectivity index (χ0v) is 12.2. The molecule has 4 heteroatoms. The number of carbonyl (C=O) groups is 1. The van der Waals surface area contributed by atoms with Crippen LogP contribution in [0.5, 0.6) is 0 Å². The smallest absolute Gasteiger partial charge is 0.252 e. The number of benzene rings is 1. The third-order valence-corrected chi connectivity index (χ3v) is 3.13. The molecule has 1 rings (SSSR count). The molecule has 0 saturated heterocycles. The summed E-state index contributed by atoms with van der Waals surface area (Å²) in [6.45, 7) is 3.67. The Bertz CT molecular complexity index is 391. The van der Waals surface area contributed by atoms with Gasteiger partial charge in [0.05, 0.1) is 5.56 Å². The number of nitrogens with zero attached hydrogens (tertiary/aromatic N) is 1. The zero-order chi connectivity index (χ0) is 12.8. The minimum Gasteiger partial charge on any atom is -0.352 e. The first-order chi connectivity index (χ1) is 8.00. The largest absolute Gasteiger partial charge is 0.352 e. The highest BCUT2D eigenvalue weighted by atomic mass is 79.9. The molecule has 0 aliphatic heterocycles. The van der Waals surface area contributed by atoms with Crippen molar-refractivity contribution < 1.29 is 4.79 Å². The van der Waals surface area contributed by atoms with Gasteiger partial charge in [-0.1, -0.05) is 11.6 Å². The van der Waals surface area contributed by atoms with Crippen molar-refractivity contribution in [2.24, 2.45) is 0 Å². The maximum atomic E-state index is 11.9. The van der Waals surface area contributed by atoms with Crippen molar-refractivity contribution >= 4 is 21.8 Å². The number of nitrogens with one attached hydrogen (secondary N) is 1. The van der Waals surface area contributed by atoms with Gasteiger partial charge in [0.2, 0.25) is 0 Å². The second-order valence-electron chi connectivity index (χ2n) is 4.40. The Labute approximate surface area is 111 Å². The molecule has 3 nitrogen and oxygen atoms in total. The van der Waals surface area contributed by atoms with Gasteiger partial charge in [-0.3, -0.25) is 4.79 Å². The lowest BCUT2D eigenvalue weighted by atomic mass is 10.1. The summed E-state index contributed by atoms with van der Waals surface area (Å²) in [4.78, 5) is 14.0. The number of aryl methyl sites for hydroxylation is 1. The average Bonchev–Trinajstić information content (AvgIpc) is 2.27. The first-order valence-corrected chi connectivity index (χ1v) is 6.49. The van der Waals surface area contributed by atoms with Crippen molar-refractivity contribution in [1.82, 2.24) is 10.2 Å². The normalized spacial score (nSPS) is 10.6. The van der Waals surface area contributed by atoms with Crippen LogP contribution in [0, 0.1) is 6.92 Å². The van der Waals surface area contributed by atoms with Crippen LogP contribution >= 0.6 is 15.9 Å². The van der Waals surface area contributed by atoms with Gasteiger partial charge in [0, 0.05) is 11.0 Å². The quantitative estimate of drug-likeness (QED) is 0.847. The fourth-order valence-corrected chi connectivity index (χ4v) is 1.93. The van der Waals surface area contributed by atoms with E-state index >= 15 is 0 Å². The standard InChI is InChI=1S/C13H19BrN2O/c1-10-5-6-12(14)11(9-10)13(17)15-7-4-8-16(2)3/h5-6,9H,4,7-8H2,1-3H3,(H,15,17). The van der Waals surface area contributed by atoms with Crippen molar-refractivity contribution in [1.29, 1.82) is 0 Å². The lowest BCUT2D eigenvalue weighted by molar-refractivity contribution is 0.0951. The molecular formula is C13H19BrN2O. The Morgan fingerprint density at radius 2 is 2.12 bits per heavy atom. The number of hydrogen-bond donors (Lipinski definition) is 1. The van der Waals surface area contributed by atoms with Crippen molar-refractivity contribution in [2.45, 2.75) is 13.3 Å². The molecule has 0 atom stereocenters. The van der Waals surface area contributed by atoms with E-state index in [1.807, 2.05) is 39.2 Å². The predicted octanol–water partition coefficient (Wildman–Crippen LogP) is 2.44. The van der Waals surface area contributed by atoms with E-state index in [0.29, 0.717) is 12.1 Å². The van der Waals surface area contributed by atoms with Gasteiger partial charge in [-0.15, -0.1) is 0 Å². The maximum Gasteiger partial charge on any atom is 0.252 e. The molecule has 0 fully saturated rings. The summed E-state index contributed by atoms with van der Waals surface area (Å²) in [5, 5.41) is 2.93. The molecule has 0 aliphatic rings. The SMILES string of the molecule is Cc1ccc(Br)c(C(=O)NCCCN(C)C)c1. The van der Waals surface area contributed by atoms with Crippen LogP contribution in [0.25, 0.3) is 0 Å². The molecular weight excluding hydrogens is 280 g/mol. The fraction of sp³-hybridized carbons (Fsp3) is 0.462. The van der Waals surface area contributed by atoms with Gasteiger partial charge in [0.25, 0.3) is 5.91 Å². The van der Waals surface area contributed by atoms with Crippen molar-refractivity contribution in [3.8, 4) is 0 Å². The van der Waals surface area contributed by atoms with Crippen molar-refractivity contribution in [2.75, 3.05) is 27.2 Å². The van der Waals surface area contributed by atoms with E-state index in [0.717, 1.165) is 23.0 Å². The van der Waals surface area contributed by atoms with Crippen LogP contribution < -0.4 is 5.32 Å². The van der Waals surface area contributed by atoms with E-state index in [-0.39, 0.29) is 5.91 Å². The van der Waals surface area contributed by atoms with Crippen LogP contribution in [0.1, 0.15) is 22.3 Å². The zero-order valence-electron chi connectivity index (χ0n) is 10.6. The molecule has 94 valence electrons. The topological polar surface area (TPSA) is 32.3 Å². The van der Waals surface area contributed by atoms with Crippen LogP contribution in [0.3, 0.4) is 0 Å². The average molecular weight is 299 g/mol. The summed E-state index contributed by atoms with van der Waals surface area (Å²) >= 11 is 3.39. The number of hydrogen-bond acceptors (Lipinski definition) is 2. The molecule has 0 aliphatic carbocycles. The predicted molar refractivity (Wildman–Crippen MR) is 74.4 cm³/mol. The van der Waals surface area contributed by atoms with E-state index in [1.54, 1.807) is 0 Å². The summed E-state index contributed by atoms with van der Waals surface area (Å²) in [6, 6.07) is 5.78. The highest BCUT2D eigenvalue weighted by Gasteiger charge is 2.09. The van der Waals surface area contributed by atoms with Crippen LogP contribution in [-0.4, -0.2) is 38.0 Å². The van der Waals surface area contributed by atoms with Gasteiger partial charge in [0.15, 0.2) is 0 Å². The van der Waals surface area contributed by atoms with Gasteiger partial charge < -0.3 is 10.2 Å². The fourth-order valence-electron chi connectivity index (χ4n) is 1.51. The molecule has 1 aromatic rings. The van der Waals surface area contributed by atoms with Crippen molar-refractivity contribution in [3.63, 3.8) is 0 Å². The molecule has 0 radical (unpaired) electrons. The Morgan fingerprint density at radius 1 is 1.41 bits per heavy atom. The molecule has 0 unspecified atom stereocenters. The number of halogens is 1. The van der Waals surface area contributed by atoms with E-state index in [1.165, 1.54) is 0 Å². The third-order valence-electron chi connectivity index (χ3n) is 2.43. The van der Waals surface area contributed by atoms with Gasteiger partial charge in [-0.05, 0) is 62.0 Å². The third kappa shape index (κ3) is 4.88. The maximum absolute atomic E-state index is 11.9. The highest BCUT2D eigenvalue weighted by Crippen LogP contribution is 2.17. The second kappa shape index (κ2) is 6.77. The van der Waals surface area contributed by atoms with Crippen LogP contribution in [0.15, 0.2) is 22.7 Å². The second-order valence-corrected chi connectivity index (χ2v) is 5.25. The van der Waals surface area contributed by atoms with Gasteiger partial charge in [-0.2, -0.15) is 0 Å². The van der Waals surface area contributed by atoms with E-state index < -0.39 is 0 Å². The summed E-state index contributed by atoms with van der Waals surface area (Å²) in [5.41, 5.74) is 1.79. The Kier molecular flexibility index (Phi) is 5.65. The first kappa shape index (κ1) is 14.2. The minimum atomic E-state index is -0.0145. The van der Waals surface area contributed by atoms with E-state index in [4.69, 9.17) is 0 Å². The summed E-state index contributed by atoms with van der Waals surface area (Å²) in [7, 11) is 4.05. The highest BCUT2D eigenvalue weighted by molar-refractivity contribution is 9.10. The molecule has 0 bridgehead atoms. The van der Waals surface area contributed by atoms with Gasteiger partial charge in [0.1, 0.15) is 0 Å². The van der Waals surface area contributed by atoms with Crippen LogP contribution in [0.4, 0.5) is 0 Å².